The molecule has 74 heavy (non-hydrogen) atoms. The second-order valence-corrected chi connectivity index (χ2v) is 18.3. The fourth-order valence-corrected chi connectivity index (χ4v) is 6.56. The summed E-state index contributed by atoms with van der Waals surface area (Å²) in [5, 5.41) is 83.0. The topological polar surface area (TPSA) is 411 Å². The lowest BCUT2D eigenvalue weighted by Crippen LogP contribution is -2.06. The van der Waals surface area contributed by atoms with E-state index in [9.17, 15) is 39.4 Å². The number of alkyl halides is 4. The number of ether oxygens (including phenoxy) is 1. The van der Waals surface area contributed by atoms with E-state index in [4.69, 9.17) is 25.2 Å². The number of rotatable bonds is 15. The van der Waals surface area contributed by atoms with Crippen LogP contribution in [0.25, 0.3) is 45.6 Å². The maximum Gasteiger partial charge on any atom is 0.325 e. The van der Waals surface area contributed by atoms with Crippen LogP contribution in [0, 0.1) is 34.1 Å². The molecule has 8 rings (SSSR count). The molecule has 0 aliphatic carbocycles. The van der Waals surface area contributed by atoms with Gasteiger partial charge in [0.1, 0.15) is 23.3 Å². The number of carboxylic acids is 4. The average Bonchev–Trinajstić information content (AvgIpc) is 4.25. The summed E-state index contributed by atoms with van der Waals surface area (Å²) >= 11 is 11.9. The highest BCUT2D eigenvalue weighted by Gasteiger charge is 2.25. The first-order valence-corrected chi connectivity index (χ1v) is 24.1. The van der Waals surface area contributed by atoms with Crippen molar-refractivity contribution < 1.29 is 54.2 Å². The molecule has 31 heteroatoms. The molecule has 4 aromatic carbocycles. The fourth-order valence-electron chi connectivity index (χ4n) is 5.74. The van der Waals surface area contributed by atoms with Crippen molar-refractivity contribution in [1.82, 2.24) is 60.7 Å². The second kappa shape index (κ2) is 26.0. The van der Waals surface area contributed by atoms with E-state index in [0.29, 0.717) is 28.3 Å². The van der Waals surface area contributed by atoms with Crippen LogP contribution < -0.4 is 4.74 Å². The summed E-state index contributed by atoms with van der Waals surface area (Å²) in [5.74, 6) is -2.01. The molecular weight excluding hydrogens is 1240 g/mol. The van der Waals surface area contributed by atoms with Crippen LogP contribution in [0.2, 0.25) is 0 Å². The third-order valence-electron chi connectivity index (χ3n) is 9.48. The van der Waals surface area contributed by atoms with Crippen molar-refractivity contribution in [2.75, 3.05) is 7.11 Å². The number of hydrogen-bond donors (Lipinski definition) is 8. The van der Waals surface area contributed by atoms with Crippen LogP contribution >= 0.6 is 63.7 Å². The largest absolute Gasteiger partial charge is 0.490 e. The number of nitrogens with zero attached hydrogens (tertiary/aromatic N) is 10. The average molecular weight is 1280 g/mol. The summed E-state index contributed by atoms with van der Waals surface area (Å²) < 4.78 is 4.90. The number of hydrogen-bond acceptors (Lipinski definition) is 17. The molecule has 0 radical (unpaired) electrons. The standard InChI is InChI=1S/C11H9BrN4O5.C11H9BrN4O4.C11H10BrN3O2.C10H8BrN3O2/c1-21-7-3-2-5(4-6(7)16(19)20)9-13-10(15-14-9)8(12)11(17)18;1-5-2-3-6(4-7(5)16(19)20)9-13-10(15-14-9)8(12)11(17)18;1-6-2-4-7(5-3-6)9-13-10(15-14-9)8(12)11(16)17;11-7(10(15)16)9-12-8(13-14-9)6-4-2-1-3-5-6/h2-4,8H,1H3,(H,17,18)(H,13,14,15);2-4,8H,1H3,(H,17,18)(H,13,14,15);2-5,8H,1H3,(H,16,17)(H,13,14,15);1-5,7H,(H,15,16)(H,12,13,14). The SMILES string of the molecule is COc1ccc(-c2n[nH]c(C(Br)C(=O)O)n2)cc1[N+](=O)[O-].Cc1ccc(-c2n[nH]c(C(Br)C(=O)O)n2)cc1.Cc1ccc(-c2n[nH]c(C(Br)C(=O)O)n2)cc1[N+](=O)[O-].O=C(O)C(Br)c1nc(-c2ccccc2)n[nH]1. The Balaban J connectivity index is 0.000000184. The Morgan fingerprint density at radius 1 is 0.500 bits per heavy atom. The van der Waals surface area contributed by atoms with E-state index >= 15 is 0 Å². The molecule has 0 spiro atoms. The predicted molar refractivity (Wildman–Crippen MR) is 274 cm³/mol. The number of nitrogens with one attached hydrogen (secondary N) is 4. The highest BCUT2D eigenvalue weighted by atomic mass is 79.9. The van der Waals surface area contributed by atoms with Crippen LogP contribution in [0.1, 0.15) is 53.7 Å². The molecule has 0 saturated heterocycles. The number of carboxylic acid groups (broad SMARTS) is 4. The van der Waals surface area contributed by atoms with Gasteiger partial charge in [-0.3, -0.25) is 59.8 Å². The van der Waals surface area contributed by atoms with Crippen LogP contribution in [-0.2, 0) is 19.2 Å². The molecule has 27 nitrogen and oxygen atoms in total. The first-order valence-electron chi connectivity index (χ1n) is 20.5. The molecule has 4 atom stereocenters. The maximum atomic E-state index is 11.0. The third kappa shape index (κ3) is 15.0. The van der Waals surface area contributed by atoms with Gasteiger partial charge in [-0.05, 0) is 26.0 Å². The molecule has 4 aromatic heterocycles. The van der Waals surface area contributed by atoms with Gasteiger partial charge in [0, 0.05) is 39.9 Å². The van der Waals surface area contributed by atoms with Crippen LogP contribution in [0.5, 0.6) is 5.75 Å². The summed E-state index contributed by atoms with van der Waals surface area (Å²) in [4.78, 5) is 76.4. The molecule has 8 N–H and O–H groups in total. The number of carbonyl (C=O) groups is 4. The van der Waals surface area contributed by atoms with Crippen molar-refractivity contribution in [2.45, 2.75) is 33.2 Å². The van der Waals surface area contributed by atoms with E-state index in [2.05, 4.69) is 124 Å². The zero-order valence-corrected chi connectivity index (χ0v) is 44.3. The third-order valence-corrected chi connectivity index (χ3v) is 12.8. The Kier molecular flexibility index (Phi) is 19.9. The number of nitro groups is 2. The molecule has 0 aliphatic heterocycles. The second-order valence-electron chi connectivity index (χ2n) is 14.6. The summed E-state index contributed by atoms with van der Waals surface area (Å²) in [6.45, 7) is 3.62. The summed E-state index contributed by atoms with van der Waals surface area (Å²) in [7, 11) is 1.33. The van der Waals surface area contributed by atoms with Crippen molar-refractivity contribution in [1.29, 1.82) is 0 Å². The van der Waals surface area contributed by atoms with E-state index in [1.807, 2.05) is 61.5 Å². The highest BCUT2D eigenvalue weighted by Crippen LogP contribution is 2.32. The molecule has 4 unspecified atom stereocenters. The molecule has 0 saturated carbocycles. The van der Waals surface area contributed by atoms with Crippen LogP contribution in [-0.4, -0.2) is 122 Å². The Morgan fingerprint density at radius 2 is 0.824 bits per heavy atom. The number of nitro benzene ring substituents is 2. The van der Waals surface area contributed by atoms with Gasteiger partial charge in [-0.2, -0.15) is 20.4 Å². The van der Waals surface area contributed by atoms with Gasteiger partial charge in [-0.1, -0.05) is 136 Å². The lowest BCUT2D eigenvalue weighted by molar-refractivity contribution is -0.385. The number of H-pyrrole nitrogens is 4. The van der Waals surface area contributed by atoms with Gasteiger partial charge in [0.2, 0.25) is 0 Å². The van der Waals surface area contributed by atoms with Crippen molar-refractivity contribution in [3.63, 3.8) is 0 Å². The minimum absolute atomic E-state index is 0.0394. The minimum Gasteiger partial charge on any atom is -0.490 e. The summed E-state index contributed by atoms with van der Waals surface area (Å²) in [5.41, 5.74) is 3.91. The summed E-state index contributed by atoms with van der Waals surface area (Å²) in [6, 6.07) is 25.8. The Bertz CT molecular complexity index is 3280. The van der Waals surface area contributed by atoms with E-state index in [0.717, 1.165) is 16.7 Å². The zero-order chi connectivity index (χ0) is 54.4. The Hall–Kier alpha value is -8.16. The van der Waals surface area contributed by atoms with Crippen molar-refractivity contribution in [3.05, 3.63) is 146 Å². The van der Waals surface area contributed by atoms with E-state index in [1.54, 1.807) is 25.1 Å². The number of aryl methyl sites for hydroxylation is 2. The van der Waals surface area contributed by atoms with Gasteiger partial charge in [-0.15, -0.1) is 0 Å². The van der Waals surface area contributed by atoms with Gasteiger partial charge in [0.05, 0.1) is 17.0 Å². The quantitative estimate of drug-likeness (QED) is 0.0271. The van der Waals surface area contributed by atoms with Gasteiger partial charge < -0.3 is 25.2 Å². The molecule has 384 valence electrons. The van der Waals surface area contributed by atoms with Crippen LogP contribution in [0.15, 0.2) is 91.0 Å². The monoisotopic (exact) mass is 1270 g/mol. The number of methoxy groups -OCH3 is 1. The van der Waals surface area contributed by atoms with Gasteiger partial charge in [0.25, 0.3) is 5.69 Å². The Labute approximate surface area is 448 Å². The normalized spacial score (nSPS) is 12.1. The van der Waals surface area contributed by atoms with Crippen molar-refractivity contribution in [2.24, 2.45) is 0 Å². The number of aliphatic carboxylic acids is 4. The maximum absolute atomic E-state index is 11.0. The summed E-state index contributed by atoms with van der Waals surface area (Å²) in [6.07, 6.45) is 0. The number of benzene rings is 4. The molecule has 0 aliphatic rings. The van der Waals surface area contributed by atoms with E-state index in [-0.39, 0.29) is 52.1 Å². The number of aromatic nitrogens is 12. The number of halogens is 4. The molecule has 0 bridgehead atoms. The lowest BCUT2D eigenvalue weighted by atomic mass is 10.1. The fraction of sp³-hybridized carbons (Fsp3) is 0.163. The Morgan fingerprint density at radius 3 is 1.18 bits per heavy atom. The van der Waals surface area contributed by atoms with Crippen LogP contribution in [0.3, 0.4) is 0 Å². The lowest BCUT2D eigenvalue weighted by Gasteiger charge is -2.02. The van der Waals surface area contributed by atoms with Gasteiger partial charge in [0.15, 0.2) is 48.4 Å². The van der Waals surface area contributed by atoms with Gasteiger partial charge >= 0.3 is 29.6 Å². The van der Waals surface area contributed by atoms with E-state index in [1.165, 1.54) is 25.3 Å². The van der Waals surface area contributed by atoms with Crippen molar-refractivity contribution in [3.8, 4) is 51.3 Å². The van der Waals surface area contributed by atoms with Crippen LogP contribution in [0.4, 0.5) is 11.4 Å². The van der Waals surface area contributed by atoms with E-state index < -0.39 is 53.0 Å². The smallest absolute Gasteiger partial charge is 0.325 e. The number of aromatic amines is 4. The molecule has 0 amide bonds. The molecular formula is C43H36Br4N14O13. The first-order chi connectivity index (χ1) is 35.1. The predicted octanol–water partition coefficient (Wildman–Crippen LogP) is 8.41. The molecule has 8 aromatic rings. The first kappa shape index (κ1) is 56.8. The van der Waals surface area contributed by atoms with Gasteiger partial charge in [-0.25, -0.2) is 19.9 Å². The zero-order valence-electron chi connectivity index (χ0n) is 37.9. The molecule has 0 fully saturated rings. The molecule has 4 heterocycles. The highest BCUT2D eigenvalue weighted by molar-refractivity contribution is 9.10. The van der Waals surface area contributed by atoms with Crippen molar-refractivity contribution >= 4 is 99.0 Å². The minimum atomic E-state index is -1.13.